The number of Topliss-reactive ketones (excluding diaryl/α,β-unsaturated/α-hetero) is 2. The van der Waals surface area contributed by atoms with E-state index in [9.17, 15) is 47.1 Å². The molecule has 7 rings (SSSR count). The van der Waals surface area contributed by atoms with E-state index in [1.165, 1.54) is 50.6 Å². The predicted octanol–water partition coefficient (Wildman–Crippen LogP) is 6.56. The van der Waals surface area contributed by atoms with E-state index in [-0.39, 0.29) is 91.2 Å². The van der Waals surface area contributed by atoms with Crippen molar-refractivity contribution in [2.45, 2.75) is 135 Å². The Balaban J connectivity index is 0.885. The number of rotatable bonds is 22. The minimum Gasteiger partial charge on any atom is -0.457 e. The molecule has 1 aromatic heterocycles. The summed E-state index contributed by atoms with van der Waals surface area (Å²) < 4.78 is 57.5. The molecule has 7 atom stereocenters. The molecule has 2 aromatic carbocycles. The third-order valence-corrected chi connectivity index (χ3v) is 18.7. The van der Waals surface area contributed by atoms with Crippen LogP contribution in [0.1, 0.15) is 110 Å². The van der Waals surface area contributed by atoms with Crippen LogP contribution in [0.2, 0.25) is 0 Å². The van der Waals surface area contributed by atoms with Crippen molar-refractivity contribution in [3.63, 3.8) is 0 Å². The van der Waals surface area contributed by atoms with Gasteiger partial charge in [0.05, 0.1) is 58.0 Å². The summed E-state index contributed by atoms with van der Waals surface area (Å²) in [5.74, 6) is -3.61. The molecule has 20 nitrogen and oxygen atoms in total. The summed E-state index contributed by atoms with van der Waals surface area (Å²) in [6.07, 6.45) is 10.6. The Bertz CT molecular complexity index is 3070. The summed E-state index contributed by atoms with van der Waals surface area (Å²) in [5.41, 5.74) is 3.59. The number of aryl methyl sites for hydroxylation is 1. The zero-order valence-electron chi connectivity index (χ0n) is 50.5. The maximum atomic E-state index is 15.3. The fraction of sp³-hybridized carbons (Fsp3) is 0.556. The van der Waals surface area contributed by atoms with E-state index in [0.29, 0.717) is 99.3 Å². The number of nitrogens with one attached hydrogen (secondary N) is 1. The summed E-state index contributed by atoms with van der Waals surface area (Å²) in [7, 11) is 0.0563. The second-order valence-corrected chi connectivity index (χ2v) is 26.2. The summed E-state index contributed by atoms with van der Waals surface area (Å²) >= 11 is 0. The maximum absolute atomic E-state index is 15.3. The van der Waals surface area contributed by atoms with Gasteiger partial charge in [0.25, 0.3) is 11.8 Å². The number of sulfonamides is 1. The maximum Gasteiger partial charge on any atom is 0.410 e. The minimum atomic E-state index is -3.74. The van der Waals surface area contributed by atoms with Gasteiger partial charge in [-0.05, 0) is 92.3 Å². The van der Waals surface area contributed by atoms with Crippen molar-refractivity contribution >= 4 is 63.1 Å². The minimum absolute atomic E-state index is 0.0485. The van der Waals surface area contributed by atoms with Crippen molar-refractivity contribution in [1.29, 1.82) is 0 Å². The second-order valence-electron chi connectivity index (χ2n) is 24.3. The Hall–Kier alpha value is -6.88. The molecule has 0 spiro atoms. The van der Waals surface area contributed by atoms with Crippen LogP contribution in [-0.4, -0.2) is 174 Å². The standard InChI is InChI=1S/C63H85FN8O12S/c1-42(2)55(37-52(73)12-10-9-11-23-71-58(76)21-22-59(71)77)62(79)66-46(6)56(75)35-47-15-17-48(18-16-47)41-72(8)30-28-69(29-31-72)63(80)83-57-20-14-44(4)61(84-60(78)38-53(74)19-13-43(57)3)45(5)32-49-33-50(64)36-51(34-49)68-24-26-70(27-25-68)85(81,82)54-39-65-67(7)40-54/h14-18,20-22,32-34,36,39-40,42-44,46,53,55,57,61,74H,9-13,19,23-31,35,37-38,41H2,1-8H3/p+1/b20-14+,45-32+/t43-,44-,46-,53+,55-,57-,61-/m0/s1. The smallest absolute Gasteiger partial charge is 0.410 e. The first-order valence-corrected chi connectivity index (χ1v) is 31.2. The van der Waals surface area contributed by atoms with Gasteiger partial charge in [-0.2, -0.15) is 9.40 Å². The number of piperazine rings is 2. The number of unbranched alkanes of at least 4 members (excludes halogenated alkanes) is 2. The summed E-state index contributed by atoms with van der Waals surface area (Å²) in [4.78, 5) is 95.4. The summed E-state index contributed by atoms with van der Waals surface area (Å²) in [6.45, 7) is 15.3. The van der Waals surface area contributed by atoms with Crippen LogP contribution < -0.4 is 10.2 Å². The lowest BCUT2D eigenvalue weighted by Crippen LogP contribution is -2.58. The Morgan fingerprint density at radius 1 is 0.906 bits per heavy atom. The van der Waals surface area contributed by atoms with Crippen LogP contribution in [0.15, 0.2) is 89.6 Å². The Morgan fingerprint density at radius 2 is 1.58 bits per heavy atom. The number of amides is 4. The van der Waals surface area contributed by atoms with E-state index in [1.54, 1.807) is 31.9 Å². The third-order valence-electron chi connectivity index (χ3n) is 16.9. The number of cyclic esters (lactones) is 1. The van der Waals surface area contributed by atoms with Gasteiger partial charge in [0.1, 0.15) is 35.2 Å². The first-order chi connectivity index (χ1) is 40.3. The Morgan fingerprint density at radius 3 is 2.22 bits per heavy atom. The van der Waals surface area contributed by atoms with E-state index in [0.717, 1.165) is 11.1 Å². The van der Waals surface area contributed by atoms with Gasteiger partial charge in [-0.15, -0.1) is 0 Å². The lowest BCUT2D eigenvalue weighted by atomic mass is 9.88. The number of ketones is 2. The third kappa shape index (κ3) is 18.3. The molecule has 0 unspecified atom stereocenters. The zero-order valence-corrected chi connectivity index (χ0v) is 51.3. The van der Waals surface area contributed by atoms with Gasteiger partial charge in [0, 0.05) is 100 Å². The van der Waals surface area contributed by atoms with Gasteiger partial charge in [0.15, 0.2) is 5.78 Å². The number of hydrogen-bond acceptors (Lipinski definition) is 14. The van der Waals surface area contributed by atoms with E-state index in [2.05, 4.69) is 17.5 Å². The van der Waals surface area contributed by atoms with E-state index < -0.39 is 64.1 Å². The van der Waals surface area contributed by atoms with Crippen LogP contribution in [0.5, 0.6) is 0 Å². The fourth-order valence-corrected chi connectivity index (χ4v) is 12.8. The lowest BCUT2D eigenvalue weighted by Gasteiger charge is -2.42. The van der Waals surface area contributed by atoms with Gasteiger partial charge < -0.3 is 29.3 Å². The highest BCUT2D eigenvalue weighted by Gasteiger charge is 2.36. The number of aliphatic hydroxyl groups is 1. The van der Waals surface area contributed by atoms with Crippen molar-refractivity contribution in [3.05, 3.63) is 107 Å². The number of anilines is 1. The van der Waals surface area contributed by atoms with Crippen LogP contribution in [0, 0.1) is 29.5 Å². The molecule has 0 aliphatic carbocycles. The Kier molecular flexibility index (Phi) is 22.8. The van der Waals surface area contributed by atoms with E-state index in [1.807, 2.05) is 75.1 Å². The monoisotopic (exact) mass is 1200 g/mol. The van der Waals surface area contributed by atoms with Gasteiger partial charge in [-0.3, -0.25) is 43.2 Å². The lowest BCUT2D eigenvalue weighted by molar-refractivity contribution is -0.926. The number of aliphatic hydroxyl groups excluding tert-OH is 1. The van der Waals surface area contributed by atoms with Crippen molar-refractivity contribution in [2.24, 2.45) is 30.7 Å². The number of ether oxygens (including phenoxy) is 2. The van der Waals surface area contributed by atoms with Crippen molar-refractivity contribution in [1.82, 2.24) is 29.2 Å². The van der Waals surface area contributed by atoms with E-state index in [4.69, 9.17) is 9.47 Å². The second kappa shape index (κ2) is 29.5. The number of carbonyl (C=O) groups excluding carboxylic acids is 7. The van der Waals surface area contributed by atoms with Gasteiger partial charge in [0.2, 0.25) is 15.9 Å². The fourth-order valence-electron chi connectivity index (χ4n) is 11.4. The molecule has 22 heteroatoms. The number of quaternary nitrogens is 1. The number of likely N-dealkylation sites (N-methyl/N-ethyl adjacent to an activating group) is 1. The number of nitrogens with zero attached hydrogens (tertiary/aromatic N) is 7. The first-order valence-electron chi connectivity index (χ1n) is 29.8. The van der Waals surface area contributed by atoms with Crippen molar-refractivity contribution in [2.75, 3.05) is 70.9 Å². The van der Waals surface area contributed by atoms with Crippen molar-refractivity contribution < 1.29 is 65.4 Å². The number of benzene rings is 2. The molecule has 0 radical (unpaired) electrons. The number of esters is 1. The molecular weight excluding hydrogens is 1110 g/mol. The van der Waals surface area contributed by atoms with Gasteiger partial charge in [-0.25, -0.2) is 17.6 Å². The van der Waals surface area contributed by atoms with Crippen LogP contribution in [0.25, 0.3) is 6.08 Å². The molecule has 0 bridgehead atoms. The molecule has 4 aliphatic heterocycles. The largest absolute Gasteiger partial charge is 0.457 e. The topological polar surface area (TPSA) is 235 Å². The quantitative estimate of drug-likeness (QED) is 0.0357. The molecular formula is C63H86FN8O12S+. The van der Waals surface area contributed by atoms with Crippen LogP contribution in [0.4, 0.5) is 14.9 Å². The molecule has 3 aromatic rings. The highest BCUT2D eigenvalue weighted by molar-refractivity contribution is 7.89. The normalized spacial score (nSPS) is 23.0. The number of imide groups is 1. The molecule has 4 aliphatic rings. The van der Waals surface area contributed by atoms with Crippen LogP contribution in [0.3, 0.4) is 0 Å². The van der Waals surface area contributed by atoms with E-state index >= 15 is 4.39 Å². The molecule has 5 heterocycles. The predicted molar refractivity (Wildman–Crippen MR) is 318 cm³/mol. The first kappa shape index (κ1) is 65.7. The van der Waals surface area contributed by atoms with Crippen LogP contribution >= 0.6 is 0 Å². The zero-order chi connectivity index (χ0) is 61.8. The number of carbonyl (C=O) groups is 7. The molecule has 462 valence electrons. The highest BCUT2D eigenvalue weighted by atomic mass is 32.2. The van der Waals surface area contributed by atoms with Gasteiger partial charge in [-0.1, -0.05) is 70.5 Å². The van der Waals surface area contributed by atoms with Crippen LogP contribution in [-0.2, 0) is 68.3 Å². The number of halogens is 1. The Labute approximate surface area is 499 Å². The van der Waals surface area contributed by atoms with Gasteiger partial charge >= 0.3 is 12.1 Å². The number of aromatic nitrogens is 2. The average molecular weight is 1200 g/mol. The molecule has 85 heavy (non-hydrogen) atoms. The average Bonchev–Trinajstić information content (AvgIpc) is 3.70. The molecule has 0 saturated carbocycles. The molecule has 2 saturated heterocycles. The SMILES string of the molecule is C/C(=C\c1cc(F)cc(N2CCN(S(=O)(=O)c3cnn(C)c3)CC2)c1)[C@H]1OC(=O)C[C@H](O)CC[C@H](C)[C@@H](OC(=O)N2CC[N+](C)(Cc3ccc(CC(=O)[C@H](C)NC(=O)[C@@H](CC(=O)CCCCCN4C(=O)C=CC4=O)C(C)C)cc3)CC2)/C=C/[C@@H]1C. The molecule has 2 fully saturated rings. The highest BCUT2D eigenvalue weighted by Crippen LogP contribution is 2.30. The van der Waals surface area contributed by atoms with Crippen molar-refractivity contribution in [3.8, 4) is 0 Å². The molecule has 4 amide bonds. The number of hydrogen-bond donors (Lipinski definition) is 2. The summed E-state index contributed by atoms with van der Waals surface area (Å²) in [5, 5.41) is 17.8. The molecule has 2 N–H and O–H groups in total. The summed E-state index contributed by atoms with van der Waals surface area (Å²) in [6, 6.07) is 11.7.